The molecule has 0 aliphatic heterocycles. The molecule has 0 fully saturated rings. The zero-order valence-electron chi connectivity index (χ0n) is 10.1. The molecular formula is C12H13F2N3O. The first-order valence-electron chi connectivity index (χ1n) is 5.30. The van der Waals surface area contributed by atoms with Crippen molar-refractivity contribution >= 4 is 5.82 Å². The lowest BCUT2D eigenvalue weighted by atomic mass is 10.0. The number of rotatable bonds is 3. The zero-order valence-corrected chi connectivity index (χ0v) is 10.1. The lowest BCUT2D eigenvalue weighted by molar-refractivity contribution is 0.181. The van der Waals surface area contributed by atoms with Crippen LogP contribution in [0.15, 0.2) is 18.3 Å². The Balaban J connectivity index is 2.63. The number of hydrogen-bond donors (Lipinski definition) is 1. The molecule has 1 heterocycles. The van der Waals surface area contributed by atoms with Gasteiger partial charge in [-0.05, 0) is 6.07 Å². The number of aryl methyl sites for hydroxylation is 1. The molecule has 0 bridgehead atoms. The summed E-state index contributed by atoms with van der Waals surface area (Å²) in [6.07, 6.45) is 1.34. The number of nitrogen functional groups attached to an aromatic ring is 1. The zero-order chi connectivity index (χ0) is 13.3. The molecule has 4 nitrogen and oxygen atoms in total. The summed E-state index contributed by atoms with van der Waals surface area (Å²) in [7, 11) is 3.05. The Morgan fingerprint density at radius 1 is 1.39 bits per heavy atom. The van der Waals surface area contributed by atoms with Gasteiger partial charge < -0.3 is 10.5 Å². The highest BCUT2D eigenvalue weighted by atomic mass is 19.1. The molecule has 0 saturated heterocycles. The minimum atomic E-state index is -0.674. The number of hydrogen-bond acceptors (Lipinski definition) is 3. The van der Waals surface area contributed by atoms with Crippen molar-refractivity contribution in [2.24, 2.45) is 7.05 Å². The van der Waals surface area contributed by atoms with Gasteiger partial charge in [0.05, 0.1) is 18.4 Å². The molecule has 0 radical (unpaired) electrons. The van der Waals surface area contributed by atoms with Crippen LogP contribution >= 0.6 is 0 Å². The summed E-state index contributed by atoms with van der Waals surface area (Å²) in [5, 5.41) is 3.88. The fourth-order valence-electron chi connectivity index (χ4n) is 1.75. The van der Waals surface area contributed by atoms with Gasteiger partial charge in [0.2, 0.25) is 0 Å². The molecule has 0 unspecified atom stereocenters. The van der Waals surface area contributed by atoms with Crippen LogP contribution in [0.3, 0.4) is 0 Å². The Hall–Kier alpha value is -1.95. The van der Waals surface area contributed by atoms with E-state index in [9.17, 15) is 8.78 Å². The van der Waals surface area contributed by atoms with Crippen molar-refractivity contribution in [3.63, 3.8) is 0 Å². The van der Waals surface area contributed by atoms with Crippen LogP contribution < -0.4 is 5.73 Å². The molecule has 0 aliphatic rings. The quantitative estimate of drug-likeness (QED) is 0.911. The van der Waals surface area contributed by atoms with Crippen LogP contribution in [0.2, 0.25) is 0 Å². The molecule has 96 valence electrons. The minimum Gasteiger partial charge on any atom is -0.383 e. The first kappa shape index (κ1) is 12.5. The van der Waals surface area contributed by atoms with E-state index in [0.29, 0.717) is 0 Å². The predicted molar refractivity (Wildman–Crippen MR) is 63.7 cm³/mol. The van der Waals surface area contributed by atoms with E-state index in [0.717, 1.165) is 0 Å². The number of aromatic nitrogens is 2. The van der Waals surface area contributed by atoms with Crippen LogP contribution in [0.25, 0.3) is 11.1 Å². The topological polar surface area (TPSA) is 53.1 Å². The van der Waals surface area contributed by atoms with E-state index in [1.807, 2.05) is 0 Å². The van der Waals surface area contributed by atoms with Crippen molar-refractivity contribution in [2.45, 2.75) is 6.61 Å². The fraction of sp³-hybridized carbons (Fsp3) is 0.250. The molecule has 2 rings (SSSR count). The Morgan fingerprint density at radius 2 is 2.11 bits per heavy atom. The highest BCUT2D eigenvalue weighted by molar-refractivity contribution is 5.75. The first-order chi connectivity index (χ1) is 8.56. The number of nitrogens with zero attached hydrogens (tertiary/aromatic N) is 2. The SMILES string of the molecule is COCc1ccc(F)c(-c2cnn(C)c2N)c1F. The highest BCUT2D eigenvalue weighted by Gasteiger charge is 2.19. The first-order valence-corrected chi connectivity index (χ1v) is 5.30. The number of methoxy groups -OCH3 is 1. The van der Waals surface area contributed by atoms with Crippen LogP contribution in [-0.2, 0) is 18.4 Å². The number of anilines is 1. The smallest absolute Gasteiger partial charge is 0.139 e. The van der Waals surface area contributed by atoms with E-state index < -0.39 is 11.6 Å². The van der Waals surface area contributed by atoms with Gasteiger partial charge in [0, 0.05) is 25.3 Å². The highest BCUT2D eigenvalue weighted by Crippen LogP contribution is 2.31. The Morgan fingerprint density at radius 3 is 2.67 bits per heavy atom. The van der Waals surface area contributed by atoms with Crippen molar-refractivity contribution in [1.82, 2.24) is 9.78 Å². The van der Waals surface area contributed by atoms with Gasteiger partial charge >= 0.3 is 0 Å². The Bertz CT molecular complexity index is 581. The third kappa shape index (κ3) is 1.95. The lowest BCUT2D eigenvalue weighted by Crippen LogP contribution is -2.02. The van der Waals surface area contributed by atoms with E-state index in [1.165, 1.54) is 30.1 Å². The summed E-state index contributed by atoms with van der Waals surface area (Å²) < 4.78 is 34.2. The summed E-state index contributed by atoms with van der Waals surface area (Å²) in [5.41, 5.74) is 6.08. The fourth-order valence-corrected chi connectivity index (χ4v) is 1.75. The maximum atomic E-state index is 14.2. The van der Waals surface area contributed by atoms with E-state index in [4.69, 9.17) is 10.5 Å². The summed E-state index contributed by atoms with van der Waals surface area (Å²) in [6, 6.07) is 2.55. The van der Waals surface area contributed by atoms with Crippen molar-refractivity contribution in [2.75, 3.05) is 12.8 Å². The minimum absolute atomic E-state index is 0.0687. The standard InChI is InChI=1S/C12H13F2N3O/c1-17-12(15)8(5-16-17)10-9(13)4-3-7(6-18-2)11(10)14/h3-5H,6,15H2,1-2H3. The number of benzene rings is 1. The molecular weight excluding hydrogens is 240 g/mol. The van der Waals surface area contributed by atoms with Gasteiger partial charge in [-0.15, -0.1) is 0 Å². The van der Waals surface area contributed by atoms with Crippen molar-refractivity contribution in [3.05, 3.63) is 35.5 Å². The lowest BCUT2D eigenvalue weighted by Gasteiger charge is -2.08. The van der Waals surface area contributed by atoms with Crippen LogP contribution in [-0.4, -0.2) is 16.9 Å². The van der Waals surface area contributed by atoms with Gasteiger partial charge in [0.25, 0.3) is 0 Å². The second-order valence-electron chi connectivity index (χ2n) is 3.90. The van der Waals surface area contributed by atoms with E-state index >= 15 is 0 Å². The van der Waals surface area contributed by atoms with Crippen LogP contribution in [0.1, 0.15) is 5.56 Å². The summed E-state index contributed by atoms with van der Waals surface area (Å²) >= 11 is 0. The Kier molecular flexibility index (Phi) is 3.29. The van der Waals surface area contributed by atoms with Gasteiger partial charge in [0.15, 0.2) is 0 Å². The normalized spacial score (nSPS) is 10.9. The maximum absolute atomic E-state index is 14.2. The Labute approximate surface area is 103 Å². The third-order valence-electron chi connectivity index (χ3n) is 2.72. The molecule has 0 amide bonds. The molecule has 1 aromatic carbocycles. The molecule has 0 spiro atoms. The number of halogens is 2. The number of nitrogens with two attached hydrogens (primary N) is 1. The average Bonchev–Trinajstić information content (AvgIpc) is 2.65. The summed E-state index contributed by atoms with van der Waals surface area (Å²) in [4.78, 5) is 0. The monoisotopic (exact) mass is 253 g/mol. The molecule has 2 aromatic rings. The van der Waals surface area contributed by atoms with Gasteiger partial charge in [-0.3, -0.25) is 4.68 Å². The second-order valence-corrected chi connectivity index (χ2v) is 3.90. The molecule has 0 aliphatic carbocycles. The van der Waals surface area contributed by atoms with Crippen LogP contribution in [0.5, 0.6) is 0 Å². The predicted octanol–water partition coefficient (Wildman–Crippen LogP) is 2.09. The molecule has 2 N–H and O–H groups in total. The second kappa shape index (κ2) is 4.73. The molecule has 18 heavy (non-hydrogen) atoms. The largest absolute Gasteiger partial charge is 0.383 e. The third-order valence-corrected chi connectivity index (χ3v) is 2.72. The van der Waals surface area contributed by atoms with E-state index in [2.05, 4.69) is 5.10 Å². The van der Waals surface area contributed by atoms with Gasteiger partial charge in [-0.2, -0.15) is 5.10 Å². The van der Waals surface area contributed by atoms with E-state index in [1.54, 1.807) is 7.05 Å². The molecule has 0 saturated carbocycles. The maximum Gasteiger partial charge on any atom is 0.139 e. The van der Waals surface area contributed by atoms with Gasteiger partial charge in [-0.1, -0.05) is 6.07 Å². The molecule has 6 heteroatoms. The summed E-state index contributed by atoms with van der Waals surface area (Å²) in [5.74, 6) is -1.13. The van der Waals surface area contributed by atoms with Crippen LogP contribution in [0, 0.1) is 11.6 Å². The van der Waals surface area contributed by atoms with Crippen LogP contribution in [0.4, 0.5) is 14.6 Å². The van der Waals surface area contributed by atoms with Crippen molar-refractivity contribution in [3.8, 4) is 11.1 Å². The van der Waals surface area contributed by atoms with Gasteiger partial charge in [0.1, 0.15) is 17.5 Å². The van der Waals surface area contributed by atoms with Crippen molar-refractivity contribution in [1.29, 1.82) is 0 Å². The summed E-state index contributed by atoms with van der Waals surface area (Å²) in [6.45, 7) is 0.0687. The van der Waals surface area contributed by atoms with E-state index in [-0.39, 0.29) is 29.1 Å². The number of ether oxygens (including phenoxy) is 1. The van der Waals surface area contributed by atoms with Gasteiger partial charge in [-0.25, -0.2) is 8.78 Å². The molecule has 0 atom stereocenters. The molecule has 1 aromatic heterocycles. The van der Waals surface area contributed by atoms with Crippen molar-refractivity contribution < 1.29 is 13.5 Å². The average molecular weight is 253 g/mol.